The normalized spacial score (nSPS) is 16.3. The second-order valence-corrected chi connectivity index (χ2v) is 10.5. The Hall–Kier alpha value is -4.50. The number of hydrogen-bond acceptors (Lipinski definition) is 3. The first-order chi connectivity index (χ1) is 20.0. The number of carbonyl (C=O) groups is 1. The molecule has 0 spiro atoms. The Morgan fingerprint density at radius 3 is 2.17 bits per heavy atom. The summed E-state index contributed by atoms with van der Waals surface area (Å²) in [6.07, 6.45) is -0.468. The third-order valence-corrected chi connectivity index (χ3v) is 7.58. The van der Waals surface area contributed by atoms with Crippen LogP contribution in [-0.2, 0) is 13.0 Å². The molecular formula is C33H29F4N3O2. The van der Waals surface area contributed by atoms with Gasteiger partial charge in [0, 0.05) is 44.8 Å². The summed E-state index contributed by atoms with van der Waals surface area (Å²) in [5.41, 5.74) is 3.32. The fraction of sp³-hybridized carbons (Fsp3) is 0.212. The van der Waals surface area contributed by atoms with Gasteiger partial charge >= 0.3 is 0 Å². The molecule has 0 saturated heterocycles. The van der Waals surface area contributed by atoms with E-state index in [9.17, 15) is 27.5 Å². The van der Waals surface area contributed by atoms with Gasteiger partial charge in [-0.3, -0.25) is 4.79 Å². The van der Waals surface area contributed by atoms with Crippen LogP contribution >= 0.6 is 0 Å². The second kappa shape index (κ2) is 11.8. The largest absolute Gasteiger partial charge is 0.390 e. The van der Waals surface area contributed by atoms with E-state index >= 15 is 0 Å². The summed E-state index contributed by atoms with van der Waals surface area (Å²) >= 11 is 0. The lowest BCUT2D eigenvalue weighted by Crippen LogP contribution is -2.36. The molecule has 1 aliphatic carbocycles. The van der Waals surface area contributed by atoms with Crippen LogP contribution in [-0.4, -0.2) is 46.8 Å². The van der Waals surface area contributed by atoms with E-state index in [1.807, 2.05) is 37.1 Å². The fourth-order valence-electron chi connectivity index (χ4n) is 5.30. The van der Waals surface area contributed by atoms with E-state index in [2.05, 4.69) is 0 Å². The van der Waals surface area contributed by atoms with Crippen molar-refractivity contribution in [2.75, 3.05) is 14.1 Å². The molecule has 0 bridgehead atoms. The minimum absolute atomic E-state index is 0.165. The highest BCUT2D eigenvalue weighted by molar-refractivity contribution is 5.95. The number of nitrogens with zero attached hydrogens (tertiary/aromatic N) is 3. The van der Waals surface area contributed by atoms with Gasteiger partial charge in [-0.15, -0.1) is 0 Å². The Bertz CT molecular complexity index is 1630. The SMILES string of the molecule is C/C(=N\c1ccc2c(c1)[C@@H](N(C)C(=O)c1ccc(-c3c(F)cc(F)cc3F)cc1)[C@H](O)C2)N(C)Cc1ccc(F)cc1. The van der Waals surface area contributed by atoms with Crippen LogP contribution in [0.1, 0.15) is 40.0 Å². The standard InChI is InChI=1S/C33H29F4N3O2/c1-19(39(2)18-20-4-11-24(34)12-5-20)38-26-13-10-23-14-30(41)32(27(23)17-26)40(3)33(42)22-8-6-21(7-9-22)31-28(36)15-25(35)16-29(31)37/h4-13,15-17,30,32,41H,14,18H2,1-3H3/b38-19+/t30-,32-/m1/s1. The van der Waals surface area contributed by atoms with Gasteiger partial charge in [-0.05, 0) is 65.6 Å². The van der Waals surface area contributed by atoms with Crippen molar-refractivity contribution in [3.63, 3.8) is 0 Å². The number of aliphatic hydroxyl groups excluding tert-OH is 1. The van der Waals surface area contributed by atoms with Crippen molar-refractivity contribution in [1.82, 2.24) is 9.80 Å². The van der Waals surface area contributed by atoms with E-state index in [-0.39, 0.29) is 28.4 Å². The molecule has 2 atom stereocenters. The number of amides is 1. The monoisotopic (exact) mass is 575 g/mol. The zero-order valence-corrected chi connectivity index (χ0v) is 23.3. The van der Waals surface area contributed by atoms with E-state index in [1.54, 1.807) is 19.2 Å². The van der Waals surface area contributed by atoms with E-state index in [0.717, 1.165) is 22.5 Å². The van der Waals surface area contributed by atoms with Crippen molar-refractivity contribution in [2.24, 2.45) is 4.99 Å². The molecule has 42 heavy (non-hydrogen) atoms. The first kappa shape index (κ1) is 29.0. The van der Waals surface area contributed by atoms with Crippen LogP contribution < -0.4 is 0 Å². The highest BCUT2D eigenvalue weighted by atomic mass is 19.1. The third kappa shape index (κ3) is 5.92. The van der Waals surface area contributed by atoms with Gasteiger partial charge in [-0.25, -0.2) is 22.6 Å². The second-order valence-electron chi connectivity index (χ2n) is 10.5. The van der Waals surface area contributed by atoms with Crippen LogP contribution in [0.25, 0.3) is 11.1 Å². The minimum Gasteiger partial charge on any atom is -0.390 e. The van der Waals surface area contributed by atoms with E-state index in [0.29, 0.717) is 30.8 Å². The van der Waals surface area contributed by atoms with Crippen LogP contribution in [0.2, 0.25) is 0 Å². The lowest BCUT2D eigenvalue weighted by molar-refractivity contribution is 0.0497. The number of likely N-dealkylation sites (N-methyl/N-ethyl adjacent to an activating group) is 1. The smallest absolute Gasteiger partial charge is 0.254 e. The molecule has 5 nitrogen and oxygen atoms in total. The lowest BCUT2D eigenvalue weighted by Gasteiger charge is -2.28. The topological polar surface area (TPSA) is 56.1 Å². The van der Waals surface area contributed by atoms with E-state index in [4.69, 9.17) is 4.99 Å². The zero-order valence-electron chi connectivity index (χ0n) is 23.3. The van der Waals surface area contributed by atoms with Gasteiger partial charge in [0.2, 0.25) is 0 Å². The van der Waals surface area contributed by atoms with Crippen molar-refractivity contribution in [3.8, 4) is 11.1 Å². The number of halogens is 4. The Morgan fingerprint density at radius 2 is 1.52 bits per heavy atom. The summed E-state index contributed by atoms with van der Waals surface area (Å²) in [6.45, 7) is 2.41. The maximum absolute atomic E-state index is 14.2. The number of aliphatic hydroxyl groups is 1. The van der Waals surface area contributed by atoms with Crippen LogP contribution in [0.5, 0.6) is 0 Å². The van der Waals surface area contributed by atoms with Crippen molar-refractivity contribution < 1.29 is 27.5 Å². The van der Waals surface area contributed by atoms with Crippen LogP contribution in [0.3, 0.4) is 0 Å². The molecular weight excluding hydrogens is 546 g/mol. The summed E-state index contributed by atoms with van der Waals surface area (Å²) in [5, 5.41) is 10.9. The molecule has 1 aliphatic rings. The number of aliphatic imine (C=N–C) groups is 1. The van der Waals surface area contributed by atoms with Crippen molar-refractivity contribution >= 4 is 17.4 Å². The maximum atomic E-state index is 14.2. The average Bonchev–Trinajstić information content (AvgIpc) is 3.28. The minimum atomic E-state index is -1.04. The molecule has 0 aromatic heterocycles. The van der Waals surface area contributed by atoms with Gasteiger partial charge in [-0.2, -0.15) is 0 Å². The maximum Gasteiger partial charge on any atom is 0.254 e. The number of benzene rings is 4. The first-order valence-corrected chi connectivity index (χ1v) is 13.4. The summed E-state index contributed by atoms with van der Waals surface area (Å²) < 4.78 is 55.0. The first-order valence-electron chi connectivity index (χ1n) is 13.4. The van der Waals surface area contributed by atoms with Gasteiger partial charge in [0.15, 0.2) is 0 Å². The summed E-state index contributed by atoms with van der Waals surface area (Å²) in [5.74, 6) is -3.04. The fourth-order valence-corrected chi connectivity index (χ4v) is 5.30. The number of fused-ring (bicyclic) bond motifs is 1. The summed E-state index contributed by atoms with van der Waals surface area (Å²) in [4.78, 5) is 21.5. The van der Waals surface area contributed by atoms with Crippen molar-refractivity contribution in [3.05, 3.63) is 124 Å². The Morgan fingerprint density at radius 1 is 0.881 bits per heavy atom. The quantitative estimate of drug-likeness (QED) is 0.156. The molecule has 216 valence electrons. The van der Waals surface area contributed by atoms with E-state index < -0.39 is 29.6 Å². The molecule has 0 fully saturated rings. The number of carbonyl (C=O) groups excluding carboxylic acids is 1. The summed E-state index contributed by atoms with van der Waals surface area (Å²) in [6, 6.07) is 18.2. The molecule has 0 radical (unpaired) electrons. The lowest BCUT2D eigenvalue weighted by atomic mass is 10.0. The molecule has 5 rings (SSSR count). The Kier molecular flexibility index (Phi) is 8.13. The number of rotatable bonds is 6. The predicted molar refractivity (Wildman–Crippen MR) is 153 cm³/mol. The summed E-state index contributed by atoms with van der Waals surface area (Å²) in [7, 11) is 3.48. The van der Waals surface area contributed by atoms with Crippen LogP contribution in [0.15, 0.2) is 83.9 Å². The average molecular weight is 576 g/mol. The molecule has 1 N–H and O–H groups in total. The molecule has 9 heteroatoms. The zero-order chi connectivity index (χ0) is 30.1. The predicted octanol–water partition coefficient (Wildman–Crippen LogP) is 6.82. The molecule has 0 aliphatic heterocycles. The highest BCUT2D eigenvalue weighted by Gasteiger charge is 2.36. The third-order valence-electron chi connectivity index (χ3n) is 7.58. The molecule has 0 heterocycles. The highest BCUT2D eigenvalue weighted by Crippen LogP contribution is 2.38. The Balaban J connectivity index is 1.35. The van der Waals surface area contributed by atoms with Gasteiger partial charge in [-0.1, -0.05) is 30.3 Å². The van der Waals surface area contributed by atoms with Gasteiger partial charge in [0.25, 0.3) is 5.91 Å². The van der Waals surface area contributed by atoms with Gasteiger partial charge in [0.05, 0.1) is 23.4 Å². The van der Waals surface area contributed by atoms with Crippen LogP contribution in [0.4, 0.5) is 23.2 Å². The van der Waals surface area contributed by atoms with Gasteiger partial charge in [0.1, 0.15) is 29.1 Å². The molecule has 1 amide bonds. The van der Waals surface area contributed by atoms with Crippen LogP contribution in [0, 0.1) is 23.3 Å². The molecule has 4 aromatic rings. The number of amidine groups is 1. The molecule has 4 aromatic carbocycles. The molecule has 0 unspecified atom stereocenters. The van der Waals surface area contributed by atoms with Crippen molar-refractivity contribution in [1.29, 1.82) is 0 Å². The number of hydrogen-bond donors (Lipinski definition) is 1. The van der Waals surface area contributed by atoms with Crippen molar-refractivity contribution in [2.45, 2.75) is 32.0 Å². The van der Waals surface area contributed by atoms with E-state index in [1.165, 1.54) is 41.3 Å². The molecule has 0 saturated carbocycles. The van der Waals surface area contributed by atoms with Gasteiger partial charge < -0.3 is 14.9 Å². The Labute approximate surface area is 241 Å².